The Hall–Kier alpha value is -1.76. The molecule has 18 heavy (non-hydrogen) atoms. The molecular weight excluding hydrogens is 254 g/mol. The number of amides is 1. The first kappa shape index (κ1) is 14.3. The normalized spacial score (nSPS) is 10.0. The molecule has 0 radical (unpaired) electrons. The highest BCUT2D eigenvalue weighted by Crippen LogP contribution is 2.37. The molecule has 1 aromatic rings. The largest absolute Gasteiger partial charge is 0.462 e. The van der Waals surface area contributed by atoms with Crippen LogP contribution < -0.4 is 16.0 Å². The molecule has 0 unspecified atom stereocenters. The Morgan fingerprint density at radius 1 is 1.44 bits per heavy atom. The predicted molar refractivity (Wildman–Crippen MR) is 72.4 cm³/mol. The summed E-state index contributed by atoms with van der Waals surface area (Å²) in [6.07, 6.45) is 0. The van der Waals surface area contributed by atoms with E-state index in [0.29, 0.717) is 9.88 Å². The van der Waals surface area contributed by atoms with Gasteiger partial charge in [0.1, 0.15) is 15.4 Å². The number of thiophene rings is 1. The zero-order valence-electron chi connectivity index (χ0n) is 10.9. The minimum absolute atomic E-state index is 0.168. The van der Waals surface area contributed by atoms with Crippen molar-refractivity contribution in [3.05, 3.63) is 10.4 Å². The lowest BCUT2D eigenvalue weighted by atomic mass is 10.2. The molecule has 100 valence electrons. The van der Waals surface area contributed by atoms with Gasteiger partial charge in [-0.25, -0.2) is 4.79 Å². The molecule has 0 fully saturated rings. The number of carbonyl (C=O) groups excluding carboxylic acids is 2. The van der Waals surface area contributed by atoms with Crippen molar-refractivity contribution in [2.24, 2.45) is 0 Å². The summed E-state index contributed by atoms with van der Waals surface area (Å²) in [5.74, 6) is -0.818. The fourth-order valence-corrected chi connectivity index (χ4v) is 2.51. The van der Waals surface area contributed by atoms with Gasteiger partial charge < -0.3 is 20.7 Å². The van der Waals surface area contributed by atoms with Crippen LogP contribution in [0.25, 0.3) is 0 Å². The summed E-state index contributed by atoms with van der Waals surface area (Å²) < 4.78 is 4.96. The number of esters is 1. The van der Waals surface area contributed by atoms with Crippen molar-refractivity contribution in [3.8, 4) is 0 Å². The predicted octanol–water partition coefficient (Wildman–Crippen LogP) is 0.933. The average Bonchev–Trinajstić information content (AvgIpc) is 2.66. The van der Waals surface area contributed by atoms with Crippen LogP contribution in [0.1, 0.15) is 27.0 Å². The highest BCUT2D eigenvalue weighted by Gasteiger charge is 2.26. The molecule has 0 aromatic carbocycles. The Morgan fingerprint density at radius 2 is 2.06 bits per heavy atom. The maximum Gasteiger partial charge on any atom is 0.343 e. The van der Waals surface area contributed by atoms with Gasteiger partial charge in [0.05, 0.1) is 12.3 Å². The minimum atomic E-state index is -0.509. The second kappa shape index (κ2) is 5.72. The zero-order valence-corrected chi connectivity index (χ0v) is 11.7. The van der Waals surface area contributed by atoms with E-state index in [-0.39, 0.29) is 23.8 Å². The lowest BCUT2D eigenvalue weighted by molar-refractivity contribution is 0.0529. The molecule has 0 saturated carbocycles. The standard InChI is InChI=1S/C11H17N3O3S/c1-5-17-11(16)6-7(12)8(9(15)13-2)18-10(6)14(3)4/h5,12H2,1-4H3,(H,13,15). The van der Waals surface area contributed by atoms with Crippen LogP contribution in [0.4, 0.5) is 10.7 Å². The summed E-state index contributed by atoms with van der Waals surface area (Å²) >= 11 is 1.17. The van der Waals surface area contributed by atoms with E-state index in [9.17, 15) is 9.59 Å². The van der Waals surface area contributed by atoms with Gasteiger partial charge in [0, 0.05) is 21.1 Å². The van der Waals surface area contributed by atoms with Gasteiger partial charge in [0.2, 0.25) is 0 Å². The van der Waals surface area contributed by atoms with E-state index in [1.54, 1.807) is 25.9 Å². The Bertz CT molecular complexity index is 468. The van der Waals surface area contributed by atoms with E-state index in [1.165, 1.54) is 18.4 Å². The van der Waals surface area contributed by atoms with Crippen molar-refractivity contribution in [1.29, 1.82) is 0 Å². The number of nitrogens with zero attached hydrogens (tertiary/aromatic N) is 1. The fourth-order valence-electron chi connectivity index (χ4n) is 1.43. The third kappa shape index (κ3) is 2.56. The number of carbonyl (C=O) groups is 2. The Morgan fingerprint density at radius 3 is 2.50 bits per heavy atom. The van der Waals surface area contributed by atoms with E-state index in [4.69, 9.17) is 10.5 Å². The topological polar surface area (TPSA) is 84.7 Å². The van der Waals surface area contributed by atoms with E-state index >= 15 is 0 Å². The molecule has 3 N–H and O–H groups in total. The van der Waals surface area contributed by atoms with Gasteiger partial charge in [-0.3, -0.25) is 4.79 Å². The number of anilines is 2. The van der Waals surface area contributed by atoms with Crippen LogP contribution in [0.15, 0.2) is 0 Å². The van der Waals surface area contributed by atoms with E-state index in [2.05, 4.69) is 5.32 Å². The Kier molecular flexibility index (Phi) is 4.55. The van der Waals surface area contributed by atoms with Gasteiger partial charge in [-0.2, -0.15) is 0 Å². The summed E-state index contributed by atoms with van der Waals surface area (Å²) in [5.41, 5.74) is 6.29. The SMILES string of the molecule is CCOC(=O)c1c(N(C)C)sc(C(=O)NC)c1N. The van der Waals surface area contributed by atoms with Crippen LogP contribution in [-0.4, -0.2) is 39.6 Å². The first-order valence-electron chi connectivity index (χ1n) is 5.42. The van der Waals surface area contributed by atoms with Crippen molar-refractivity contribution in [2.75, 3.05) is 38.4 Å². The molecule has 1 heterocycles. The van der Waals surface area contributed by atoms with Gasteiger partial charge in [0.25, 0.3) is 5.91 Å². The Balaban J connectivity index is 3.34. The van der Waals surface area contributed by atoms with Crippen LogP contribution in [0, 0.1) is 0 Å². The smallest absolute Gasteiger partial charge is 0.343 e. The van der Waals surface area contributed by atoms with Crippen LogP contribution in [0.2, 0.25) is 0 Å². The monoisotopic (exact) mass is 271 g/mol. The summed E-state index contributed by atoms with van der Waals surface area (Å²) in [7, 11) is 5.07. The van der Waals surface area contributed by atoms with Crippen molar-refractivity contribution in [1.82, 2.24) is 5.32 Å². The van der Waals surface area contributed by atoms with E-state index < -0.39 is 5.97 Å². The minimum Gasteiger partial charge on any atom is -0.462 e. The number of rotatable bonds is 4. The molecule has 0 aliphatic rings. The van der Waals surface area contributed by atoms with E-state index in [1.807, 2.05) is 0 Å². The van der Waals surface area contributed by atoms with Crippen LogP contribution in [-0.2, 0) is 4.74 Å². The quantitative estimate of drug-likeness (QED) is 0.796. The molecule has 0 aliphatic heterocycles. The second-order valence-electron chi connectivity index (χ2n) is 3.72. The summed E-state index contributed by atoms with van der Waals surface area (Å²) in [5, 5.41) is 3.11. The first-order chi connectivity index (χ1) is 8.43. The summed E-state index contributed by atoms with van der Waals surface area (Å²) in [6, 6.07) is 0. The van der Waals surface area contributed by atoms with E-state index in [0.717, 1.165) is 0 Å². The molecule has 1 aromatic heterocycles. The zero-order chi connectivity index (χ0) is 13.9. The summed E-state index contributed by atoms with van der Waals surface area (Å²) in [6.45, 7) is 1.98. The van der Waals surface area contributed by atoms with Gasteiger partial charge in [-0.1, -0.05) is 0 Å². The molecule has 0 spiro atoms. The second-order valence-corrected chi connectivity index (χ2v) is 4.72. The molecule has 1 rings (SSSR count). The molecule has 1 amide bonds. The summed E-state index contributed by atoms with van der Waals surface area (Å²) in [4.78, 5) is 25.6. The lowest BCUT2D eigenvalue weighted by Gasteiger charge is -2.11. The van der Waals surface area contributed by atoms with Crippen molar-refractivity contribution in [2.45, 2.75) is 6.92 Å². The first-order valence-corrected chi connectivity index (χ1v) is 6.24. The third-order valence-corrected chi connectivity index (χ3v) is 3.62. The average molecular weight is 271 g/mol. The number of nitrogens with two attached hydrogens (primary N) is 1. The third-order valence-electron chi connectivity index (χ3n) is 2.25. The van der Waals surface area contributed by atoms with Crippen molar-refractivity contribution < 1.29 is 14.3 Å². The number of nitrogens with one attached hydrogen (secondary N) is 1. The fraction of sp³-hybridized carbons (Fsp3) is 0.455. The van der Waals surface area contributed by atoms with Gasteiger partial charge in [0.15, 0.2) is 0 Å². The molecule has 7 heteroatoms. The van der Waals surface area contributed by atoms with Crippen LogP contribution in [0.5, 0.6) is 0 Å². The maximum atomic E-state index is 11.9. The van der Waals surface area contributed by atoms with Crippen LogP contribution >= 0.6 is 11.3 Å². The maximum absolute atomic E-state index is 11.9. The molecule has 0 atom stereocenters. The highest BCUT2D eigenvalue weighted by molar-refractivity contribution is 7.19. The number of nitrogen functional groups attached to an aromatic ring is 1. The van der Waals surface area contributed by atoms with Gasteiger partial charge >= 0.3 is 5.97 Å². The molecule has 0 saturated heterocycles. The molecule has 6 nitrogen and oxygen atoms in total. The van der Waals surface area contributed by atoms with Gasteiger partial charge in [-0.15, -0.1) is 11.3 Å². The van der Waals surface area contributed by atoms with Crippen LogP contribution in [0.3, 0.4) is 0 Å². The number of hydrogen-bond donors (Lipinski definition) is 2. The lowest BCUT2D eigenvalue weighted by Crippen LogP contribution is -2.18. The molecule has 0 aliphatic carbocycles. The molecule has 0 bridgehead atoms. The van der Waals surface area contributed by atoms with Gasteiger partial charge in [-0.05, 0) is 6.92 Å². The van der Waals surface area contributed by atoms with Crippen molar-refractivity contribution >= 4 is 33.9 Å². The number of hydrogen-bond acceptors (Lipinski definition) is 6. The molecular formula is C11H17N3O3S. The highest BCUT2D eigenvalue weighted by atomic mass is 32.1. The number of ether oxygens (including phenoxy) is 1. The van der Waals surface area contributed by atoms with Crippen molar-refractivity contribution in [3.63, 3.8) is 0 Å². The Labute approximate surface area is 110 Å².